The van der Waals surface area contributed by atoms with E-state index in [9.17, 15) is 13.2 Å². The Labute approximate surface area is 169 Å². The zero-order chi connectivity index (χ0) is 20.9. The van der Waals surface area contributed by atoms with Crippen LogP contribution in [0.3, 0.4) is 0 Å². The normalized spacial score (nSPS) is 11.0. The lowest BCUT2D eigenvalue weighted by Crippen LogP contribution is -2.20. The third-order valence-electron chi connectivity index (χ3n) is 4.21. The number of pyridine rings is 1. The molecule has 29 heavy (non-hydrogen) atoms. The molecular formula is C21H21N3O4S. The van der Waals surface area contributed by atoms with E-state index < -0.39 is 10.0 Å². The maximum Gasteiger partial charge on any atom is 0.262 e. The number of carbonyl (C=O) groups excluding carboxylic acids is 1. The number of nitrogens with one attached hydrogen (secondary N) is 2. The number of aryl methyl sites for hydroxylation is 2. The molecule has 0 aliphatic heterocycles. The van der Waals surface area contributed by atoms with Crippen molar-refractivity contribution >= 4 is 27.3 Å². The van der Waals surface area contributed by atoms with E-state index in [1.54, 1.807) is 18.3 Å². The predicted octanol–water partition coefficient (Wildman–Crippen LogP) is 3.52. The van der Waals surface area contributed by atoms with Crippen LogP contribution in [0.25, 0.3) is 0 Å². The fourth-order valence-corrected chi connectivity index (χ4v) is 3.55. The summed E-state index contributed by atoms with van der Waals surface area (Å²) in [5, 5.41) is 2.68. The number of amides is 1. The van der Waals surface area contributed by atoms with Crippen LogP contribution < -0.4 is 14.8 Å². The molecule has 0 spiro atoms. The Morgan fingerprint density at radius 2 is 1.76 bits per heavy atom. The number of ether oxygens (including phenoxy) is 1. The second kappa shape index (κ2) is 8.74. The van der Waals surface area contributed by atoms with Gasteiger partial charge >= 0.3 is 0 Å². The summed E-state index contributed by atoms with van der Waals surface area (Å²) in [6.07, 6.45) is 2.97. The van der Waals surface area contributed by atoms with Crippen molar-refractivity contribution in [3.05, 3.63) is 78.1 Å². The Balaban J connectivity index is 1.58. The van der Waals surface area contributed by atoms with E-state index in [1.807, 2.05) is 32.0 Å². The minimum absolute atomic E-state index is 0.0748. The summed E-state index contributed by atoms with van der Waals surface area (Å²) in [7, 11) is -3.74. The Morgan fingerprint density at radius 3 is 2.41 bits per heavy atom. The van der Waals surface area contributed by atoms with E-state index >= 15 is 0 Å². The van der Waals surface area contributed by atoms with Crippen LogP contribution in [0.4, 0.5) is 11.4 Å². The summed E-state index contributed by atoms with van der Waals surface area (Å²) in [6.45, 7) is 3.83. The molecule has 0 aliphatic rings. The molecule has 7 nitrogen and oxygen atoms in total. The Morgan fingerprint density at radius 1 is 1.00 bits per heavy atom. The largest absolute Gasteiger partial charge is 0.484 e. The quantitative estimate of drug-likeness (QED) is 0.620. The van der Waals surface area contributed by atoms with Gasteiger partial charge < -0.3 is 10.1 Å². The van der Waals surface area contributed by atoms with E-state index in [0.717, 1.165) is 11.1 Å². The number of aromatic nitrogens is 1. The first-order chi connectivity index (χ1) is 13.8. The van der Waals surface area contributed by atoms with E-state index in [-0.39, 0.29) is 17.4 Å². The molecule has 3 aromatic rings. The molecule has 0 saturated carbocycles. The summed E-state index contributed by atoms with van der Waals surface area (Å²) in [6, 6.07) is 14.7. The van der Waals surface area contributed by atoms with Gasteiger partial charge in [-0.1, -0.05) is 6.07 Å². The molecule has 0 bridgehead atoms. The van der Waals surface area contributed by atoms with Crippen molar-refractivity contribution in [2.75, 3.05) is 16.6 Å². The van der Waals surface area contributed by atoms with Gasteiger partial charge in [-0.3, -0.25) is 14.5 Å². The van der Waals surface area contributed by atoms with Crippen molar-refractivity contribution in [1.29, 1.82) is 0 Å². The van der Waals surface area contributed by atoms with Crippen LogP contribution in [0.1, 0.15) is 11.1 Å². The van der Waals surface area contributed by atoms with Gasteiger partial charge in [-0.15, -0.1) is 0 Å². The number of nitrogens with zero attached hydrogens (tertiary/aromatic N) is 1. The summed E-state index contributed by atoms with van der Waals surface area (Å²) < 4.78 is 32.7. The first kappa shape index (κ1) is 20.3. The molecule has 1 heterocycles. The highest BCUT2D eigenvalue weighted by Gasteiger charge is 2.14. The maximum absolute atomic E-state index is 12.4. The Hall–Kier alpha value is -3.39. The van der Waals surface area contributed by atoms with Crippen LogP contribution in [0.15, 0.2) is 71.9 Å². The van der Waals surface area contributed by atoms with Crippen LogP contribution in [0, 0.1) is 13.8 Å². The number of rotatable bonds is 7. The predicted molar refractivity (Wildman–Crippen MR) is 112 cm³/mol. The molecule has 150 valence electrons. The molecule has 0 saturated heterocycles. The molecule has 2 N–H and O–H groups in total. The Bertz CT molecular complexity index is 1100. The molecule has 0 aliphatic carbocycles. The maximum atomic E-state index is 12.4. The van der Waals surface area contributed by atoms with Crippen LogP contribution in [-0.2, 0) is 14.8 Å². The highest BCUT2D eigenvalue weighted by Crippen LogP contribution is 2.18. The van der Waals surface area contributed by atoms with Gasteiger partial charge in [0.15, 0.2) is 6.61 Å². The van der Waals surface area contributed by atoms with E-state index in [0.29, 0.717) is 17.1 Å². The number of anilines is 2. The number of hydrogen-bond acceptors (Lipinski definition) is 5. The molecule has 1 amide bonds. The zero-order valence-electron chi connectivity index (χ0n) is 16.0. The summed E-state index contributed by atoms with van der Waals surface area (Å²) in [4.78, 5) is 16.0. The van der Waals surface area contributed by atoms with Gasteiger partial charge in [0, 0.05) is 11.9 Å². The van der Waals surface area contributed by atoms with Crippen LogP contribution in [-0.4, -0.2) is 25.9 Å². The molecule has 0 radical (unpaired) electrons. The standard InChI is InChI=1S/C21H21N3O4S/c1-15-5-8-19(12-16(15)2)28-14-21(25)23-17-6-9-20(10-7-17)29(26,27)24-18-4-3-11-22-13-18/h3-13,24H,14H2,1-2H3,(H,23,25). The minimum Gasteiger partial charge on any atom is -0.484 e. The second-order valence-electron chi connectivity index (χ2n) is 6.45. The van der Waals surface area contributed by atoms with E-state index in [1.165, 1.54) is 30.5 Å². The monoisotopic (exact) mass is 411 g/mol. The summed E-state index contributed by atoms with van der Waals surface area (Å²) in [5.41, 5.74) is 3.07. The van der Waals surface area contributed by atoms with Crippen LogP contribution in [0.2, 0.25) is 0 Å². The minimum atomic E-state index is -3.74. The van der Waals surface area contributed by atoms with Crippen molar-refractivity contribution in [1.82, 2.24) is 4.98 Å². The molecule has 3 rings (SSSR count). The van der Waals surface area contributed by atoms with Gasteiger partial charge in [0.2, 0.25) is 0 Å². The van der Waals surface area contributed by atoms with Gasteiger partial charge in [-0.25, -0.2) is 8.42 Å². The fourth-order valence-electron chi connectivity index (χ4n) is 2.50. The van der Waals surface area contributed by atoms with Crippen molar-refractivity contribution in [3.63, 3.8) is 0 Å². The molecule has 1 aromatic heterocycles. The average molecular weight is 411 g/mol. The number of sulfonamides is 1. The van der Waals surface area contributed by atoms with Gasteiger partial charge in [0.05, 0.1) is 16.8 Å². The number of hydrogen-bond donors (Lipinski definition) is 2. The summed E-state index contributed by atoms with van der Waals surface area (Å²) >= 11 is 0. The number of benzene rings is 2. The fraction of sp³-hybridized carbons (Fsp3) is 0.143. The molecule has 0 unspecified atom stereocenters. The van der Waals surface area contributed by atoms with E-state index in [4.69, 9.17) is 4.74 Å². The van der Waals surface area contributed by atoms with Crippen LogP contribution in [0.5, 0.6) is 5.75 Å². The molecule has 8 heteroatoms. The van der Waals surface area contributed by atoms with Crippen LogP contribution >= 0.6 is 0 Å². The third kappa shape index (κ3) is 5.55. The highest BCUT2D eigenvalue weighted by atomic mass is 32.2. The third-order valence-corrected chi connectivity index (χ3v) is 5.61. The lowest BCUT2D eigenvalue weighted by atomic mass is 10.1. The van der Waals surface area contributed by atoms with Crippen molar-refractivity contribution in [2.24, 2.45) is 0 Å². The molecule has 0 atom stereocenters. The van der Waals surface area contributed by atoms with Crippen molar-refractivity contribution in [2.45, 2.75) is 18.7 Å². The van der Waals surface area contributed by atoms with Crippen molar-refractivity contribution in [3.8, 4) is 5.75 Å². The Kier molecular flexibility index (Phi) is 6.13. The van der Waals surface area contributed by atoms with Gasteiger partial charge in [-0.05, 0) is 73.5 Å². The molecular weight excluding hydrogens is 390 g/mol. The van der Waals surface area contributed by atoms with Crippen molar-refractivity contribution < 1.29 is 17.9 Å². The SMILES string of the molecule is Cc1ccc(OCC(=O)Nc2ccc(S(=O)(=O)Nc3cccnc3)cc2)cc1C. The smallest absolute Gasteiger partial charge is 0.262 e. The topological polar surface area (TPSA) is 97.4 Å². The average Bonchev–Trinajstić information content (AvgIpc) is 2.70. The van der Waals surface area contributed by atoms with E-state index in [2.05, 4.69) is 15.0 Å². The van der Waals surface area contributed by atoms with Gasteiger partial charge in [0.1, 0.15) is 5.75 Å². The van der Waals surface area contributed by atoms with Gasteiger partial charge in [0.25, 0.3) is 15.9 Å². The zero-order valence-corrected chi connectivity index (χ0v) is 16.9. The first-order valence-electron chi connectivity index (χ1n) is 8.86. The first-order valence-corrected chi connectivity index (χ1v) is 10.3. The summed E-state index contributed by atoms with van der Waals surface area (Å²) in [5.74, 6) is 0.276. The highest BCUT2D eigenvalue weighted by molar-refractivity contribution is 7.92. The second-order valence-corrected chi connectivity index (χ2v) is 8.14. The lowest BCUT2D eigenvalue weighted by Gasteiger charge is -2.10. The number of carbonyl (C=O) groups is 1. The van der Waals surface area contributed by atoms with Gasteiger partial charge in [-0.2, -0.15) is 0 Å². The lowest BCUT2D eigenvalue weighted by molar-refractivity contribution is -0.118. The molecule has 0 fully saturated rings. The molecule has 2 aromatic carbocycles.